The lowest BCUT2D eigenvalue weighted by Gasteiger charge is -2.13. The summed E-state index contributed by atoms with van der Waals surface area (Å²) in [6.07, 6.45) is 2.31. The van der Waals surface area contributed by atoms with E-state index in [1.165, 1.54) is 4.52 Å². The van der Waals surface area contributed by atoms with Crippen LogP contribution in [0.25, 0.3) is 5.65 Å². The average molecular weight is 234 g/mol. The predicted molar refractivity (Wildman–Crippen MR) is 62.8 cm³/mol. The molecule has 17 heavy (non-hydrogen) atoms. The molecule has 2 aromatic heterocycles. The van der Waals surface area contributed by atoms with E-state index < -0.39 is 0 Å². The van der Waals surface area contributed by atoms with Gasteiger partial charge in [-0.05, 0) is 36.9 Å². The molecule has 1 aliphatic rings. The lowest BCUT2D eigenvalue weighted by Crippen LogP contribution is -2.25. The number of aromatic amines is 1. The molecule has 4 N–H and O–H groups in total. The van der Waals surface area contributed by atoms with Crippen LogP contribution in [0.1, 0.15) is 12.8 Å². The highest BCUT2D eigenvalue weighted by atomic mass is 16.2. The molecule has 0 bridgehead atoms. The number of fused-ring (bicyclic) bond motifs is 1. The van der Waals surface area contributed by atoms with Gasteiger partial charge in [0, 0.05) is 6.54 Å². The van der Waals surface area contributed by atoms with E-state index in [0.717, 1.165) is 19.4 Å². The Bertz CT molecular complexity index is 596. The molecule has 2 heterocycles. The third-order valence-electron chi connectivity index (χ3n) is 3.31. The monoisotopic (exact) mass is 234 g/mol. The molecule has 7 nitrogen and oxygen atoms in total. The molecule has 1 saturated carbocycles. The minimum atomic E-state index is -0.330. The van der Waals surface area contributed by atoms with Crippen LogP contribution in [-0.2, 0) is 0 Å². The summed E-state index contributed by atoms with van der Waals surface area (Å²) in [7, 11) is 0. The van der Waals surface area contributed by atoms with Crippen molar-refractivity contribution in [2.24, 2.45) is 11.1 Å². The number of nitrogens with two attached hydrogens (primary N) is 1. The van der Waals surface area contributed by atoms with Gasteiger partial charge < -0.3 is 11.1 Å². The van der Waals surface area contributed by atoms with Crippen molar-refractivity contribution in [1.29, 1.82) is 0 Å². The SMILES string of the molecule is NCC1(CNc2ccc3n[nH]c(=O)n3n2)CC1. The van der Waals surface area contributed by atoms with Gasteiger partial charge in [0.1, 0.15) is 5.82 Å². The Morgan fingerprint density at radius 3 is 3.06 bits per heavy atom. The van der Waals surface area contributed by atoms with Gasteiger partial charge in [-0.15, -0.1) is 5.10 Å². The van der Waals surface area contributed by atoms with Gasteiger partial charge in [0.25, 0.3) is 0 Å². The molecule has 0 aliphatic heterocycles. The van der Waals surface area contributed by atoms with E-state index in [0.29, 0.717) is 18.0 Å². The van der Waals surface area contributed by atoms with Crippen molar-refractivity contribution < 1.29 is 0 Å². The van der Waals surface area contributed by atoms with Crippen LogP contribution in [-0.4, -0.2) is 32.9 Å². The molecular weight excluding hydrogens is 220 g/mol. The molecule has 2 aromatic rings. The third kappa shape index (κ3) is 1.78. The summed E-state index contributed by atoms with van der Waals surface area (Å²) in [6.45, 7) is 1.49. The summed E-state index contributed by atoms with van der Waals surface area (Å²) in [6, 6.07) is 3.55. The van der Waals surface area contributed by atoms with Crippen molar-refractivity contribution in [3.63, 3.8) is 0 Å². The Labute approximate surface area is 97.0 Å². The summed E-state index contributed by atoms with van der Waals surface area (Å²) in [5.74, 6) is 0.667. The van der Waals surface area contributed by atoms with Crippen molar-refractivity contribution in [3.8, 4) is 0 Å². The Balaban J connectivity index is 1.81. The van der Waals surface area contributed by atoms with Crippen LogP contribution in [0, 0.1) is 5.41 Å². The maximum absolute atomic E-state index is 11.3. The minimum Gasteiger partial charge on any atom is -0.368 e. The highest BCUT2D eigenvalue weighted by Gasteiger charge is 2.40. The van der Waals surface area contributed by atoms with Gasteiger partial charge in [0.05, 0.1) is 0 Å². The summed E-state index contributed by atoms with van der Waals surface area (Å²) < 4.78 is 1.24. The molecule has 0 radical (unpaired) electrons. The quantitative estimate of drug-likeness (QED) is 0.666. The largest absolute Gasteiger partial charge is 0.368 e. The van der Waals surface area contributed by atoms with Crippen LogP contribution < -0.4 is 16.7 Å². The van der Waals surface area contributed by atoms with E-state index in [1.54, 1.807) is 6.07 Å². The van der Waals surface area contributed by atoms with E-state index in [1.807, 2.05) is 6.07 Å². The van der Waals surface area contributed by atoms with Crippen molar-refractivity contribution in [1.82, 2.24) is 19.8 Å². The van der Waals surface area contributed by atoms with Gasteiger partial charge in [-0.3, -0.25) is 0 Å². The van der Waals surface area contributed by atoms with Crippen LogP contribution in [0.15, 0.2) is 16.9 Å². The first kappa shape index (κ1) is 10.3. The smallest absolute Gasteiger partial charge is 0.364 e. The molecule has 0 aromatic carbocycles. The summed E-state index contributed by atoms with van der Waals surface area (Å²) in [4.78, 5) is 11.3. The number of H-pyrrole nitrogens is 1. The first-order chi connectivity index (χ1) is 8.22. The minimum absolute atomic E-state index is 0.234. The number of anilines is 1. The van der Waals surface area contributed by atoms with Gasteiger partial charge in [-0.1, -0.05) is 0 Å². The molecule has 90 valence electrons. The first-order valence-electron chi connectivity index (χ1n) is 5.61. The summed E-state index contributed by atoms with van der Waals surface area (Å²) in [5, 5.41) is 13.5. The number of nitrogens with one attached hydrogen (secondary N) is 2. The van der Waals surface area contributed by atoms with Crippen molar-refractivity contribution >= 4 is 11.5 Å². The normalized spacial score (nSPS) is 17.2. The fraction of sp³-hybridized carbons (Fsp3) is 0.500. The number of rotatable bonds is 4. The van der Waals surface area contributed by atoms with Crippen molar-refractivity contribution in [2.45, 2.75) is 12.8 Å². The fourth-order valence-corrected chi connectivity index (χ4v) is 1.81. The van der Waals surface area contributed by atoms with Gasteiger partial charge in [0.15, 0.2) is 5.65 Å². The maximum Gasteiger partial charge on any atom is 0.364 e. The number of hydrogen-bond donors (Lipinski definition) is 3. The van der Waals surface area contributed by atoms with Crippen LogP contribution in [0.5, 0.6) is 0 Å². The third-order valence-corrected chi connectivity index (χ3v) is 3.31. The molecule has 0 unspecified atom stereocenters. The Kier molecular flexibility index (Phi) is 2.15. The summed E-state index contributed by atoms with van der Waals surface area (Å²) in [5.41, 5.74) is 6.12. The zero-order chi connectivity index (χ0) is 11.9. The van der Waals surface area contributed by atoms with Gasteiger partial charge in [-0.2, -0.15) is 9.61 Å². The Morgan fingerprint density at radius 1 is 1.53 bits per heavy atom. The molecule has 0 spiro atoms. The zero-order valence-corrected chi connectivity index (χ0v) is 9.31. The number of hydrogen-bond acceptors (Lipinski definition) is 5. The molecule has 1 aliphatic carbocycles. The van der Waals surface area contributed by atoms with Gasteiger partial charge in [0.2, 0.25) is 0 Å². The van der Waals surface area contributed by atoms with Crippen molar-refractivity contribution in [2.75, 3.05) is 18.4 Å². The zero-order valence-electron chi connectivity index (χ0n) is 9.31. The Hall–Kier alpha value is -1.89. The second kappa shape index (κ2) is 3.56. The van der Waals surface area contributed by atoms with Crippen LogP contribution in [0.3, 0.4) is 0 Å². The predicted octanol–water partition coefficient (Wildman–Crippen LogP) is -0.432. The Morgan fingerprint density at radius 2 is 2.35 bits per heavy atom. The second-order valence-electron chi connectivity index (χ2n) is 4.58. The van der Waals surface area contributed by atoms with E-state index in [4.69, 9.17) is 5.73 Å². The van der Waals surface area contributed by atoms with E-state index in [-0.39, 0.29) is 11.1 Å². The highest BCUT2D eigenvalue weighted by Crippen LogP contribution is 2.44. The molecule has 0 saturated heterocycles. The number of nitrogens with zero attached hydrogens (tertiary/aromatic N) is 3. The molecule has 0 amide bonds. The molecular formula is C10H14N6O. The average Bonchev–Trinajstić information content (AvgIpc) is 3.06. The maximum atomic E-state index is 11.3. The van der Waals surface area contributed by atoms with E-state index >= 15 is 0 Å². The van der Waals surface area contributed by atoms with E-state index in [9.17, 15) is 4.79 Å². The molecule has 3 rings (SSSR count). The van der Waals surface area contributed by atoms with Gasteiger partial charge in [-0.25, -0.2) is 9.89 Å². The van der Waals surface area contributed by atoms with Crippen LogP contribution >= 0.6 is 0 Å². The topological polar surface area (TPSA) is 101 Å². The van der Waals surface area contributed by atoms with Gasteiger partial charge >= 0.3 is 5.69 Å². The molecule has 1 fully saturated rings. The molecule has 0 atom stereocenters. The standard InChI is InChI=1S/C10H14N6O/c11-5-10(3-4-10)6-12-7-1-2-8-13-14-9(17)16(8)15-7/h1-2H,3-6,11H2,(H,12,15)(H,14,17). The molecule has 7 heteroatoms. The van der Waals surface area contributed by atoms with E-state index in [2.05, 4.69) is 20.6 Å². The van der Waals surface area contributed by atoms with Crippen molar-refractivity contribution in [3.05, 3.63) is 22.6 Å². The second-order valence-corrected chi connectivity index (χ2v) is 4.58. The lowest BCUT2D eigenvalue weighted by atomic mass is 10.1. The summed E-state index contributed by atoms with van der Waals surface area (Å²) >= 11 is 0. The highest BCUT2D eigenvalue weighted by molar-refractivity contribution is 5.43. The fourth-order valence-electron chi connectivity index (χ4n) is 1.81. The number of aromatic nitrogens is 4. The first-order valence-corrected chi connectivity index (χ1v) is 5.61. The van der Waals surface area contributed by atoms with Crippen LogP contribution in [0.4, 0.5) is 5.82 Å². The lowest BCUT2D eigenvalue weighted by molar-refractivity contribution is 0.554. The van der Waals surface area contributed by atoms with Crippen LogP contribution in [0.2, 0.25) is 0 Å².